The van der Waals surface area contributed by atoms with Gasteiger partial charge in [0.25, 0.3) is 5.91 Å². The molecule has 0 unspecified atom stereocenters. The van der Waals surface area contributed by atoms with Gasteiger partial charge in [-0.25, -0.2) is 0 Å². The van der Waals surface area contributed by atoms with E-state index in [4.69, 9.17) is 10.00 Å². The van der Waals surface area contributed by atoms with Crippen LogP contribution in [0.2, 0.25) is 0 Å². The third-order valence-corrected chi connectivity index (χ3v) is 3.77. The highest BCUT2D eigenvalue weighted by Crippen LogP contribution is 2.32. The topological polar surface area (TPSA) is 82.4 Å². The Balaban J connectivity index is 1.70. The fourth-order valence-electron chi connectivity index (χ4n) is 2.45. The molecule has 1 aliphatic heterocycles. The van der Waals surface area contributed by atoms with E-state index < -0.39 is 0 Å². The fourth-order valence-corrected chi connectivity index (χ4v) is 2.45. The molecule has 0 atom stereocenters. The van der Waals surface area contributed by atoms with Crippen molar-refractivity contribution in [2.45, 2.75) is 6.42 Å². The van der Waals surface area contributed by atoms with Crippen LogP contribution in [0.25, 0.3) is 0 Å². The van der Waals surface area contributed by atoms with E-state index >= 15 is 0 Å². The lowest BCUT2D eigenvalue weighted by Crippen LogP contribution is -2.35. The smallest absolute Gasteiger partial charge is 0.264 e. The normalized spacial score (nSPS) is 12.8. The number of rotatable bonds is 3. The van der Waals surface area contributed by atoms with E-state index in [0.29, 0.717) is 22.7 Å². The predicted molar refractivity (Wildman–Crippen MR) is 88.8 cm³/mol. The maximum atomic E-state index is 12.2. The molecule has 1 aliphatic rings. The average Bonchev–Trinajstić information content (AvgIpc) is 2.59. The van der Waals surface area contributed by atoms with Crippen LogP contribution in [-0.4, -0.2) is 25.5 Å². The second-order valence-electron chi connectivity index (χ2n) is 5.46. The number of ether oxygens (including phenoxy) is 1. The van der Waals surface area contributed by atoms with Crippen LogP contribution in [-0.2, 0) is 16.0 Å². The summed E-state index contributed by atoms with van der Waals surface area (Å²) in [6, 6.07) is 14.0. The minimum Gasteiger partial charge on any atom is -0.482 e. The Morgan fingerprint density at radius 1 is 1.29 bits per heavy atom. The van der Waals surface area contributed by atoms with Crippen LogP contribution >= 0.6 is 0 Å². The lowest BCUT2D eigenvalue weighted by molar-refractivity contribution is -0.121. The number of amides is 2. The molecular weight excluding hydrogens is 306 g/mol. The molecule has 1 N–H and O–H groups in total. The number of hydrogen-bond donors (Lipinski definition) is 1. The van der Waals surface area contributed by atoms with E-state index in [2.05, 4.69) is 5.32 Å². The van der Waals surface area contributed by atoms with Gasteiger partial charge in [-0.15, -0.1) is 0 Å². The van der Waals surface area contributed by atoms with Crippen molar-refractivity contribution in [2.75, 3.05) is 23.9 Å². The second-order valence-corrected chi connectivity index (χ2v) is 5.46. The largest absolute Gasteiger partial charge is 0.482 e. The number of benzene rings is 2. The molecule has 6 heteroatoms. The van der Waals surface area contributed by atoms with Crippen LogP contribution in [0.3, 0.4) is 0 Å². The van der Waals surface area contributed by atoms with Crippen molar-refractivity contribution in [1.29, 1.82) is 5.26 Å². The van der Waals surface area contributed by atoms with E-state index in [9.17, 15) is 9.59 Å². The van der Waals surface area contributed by atoms with Crippen LogP contribution in [0.15, 0.2) is 42.5 Å². The Labute approximate surface area is 139 Å². The van der Waals surface area contributed by atoms with Gasteiger partial charge >= 0.3 is 0 Å². The van der Waals surface area contributed by atoms with Crippen molar-refractivity contribution in [2.24, 2.45) is 0 Å². The van der Waals surface area contributed by atoms with Gasteiger partial charge in [-0.05, 0) is 42.0 Å². The summed E-state index contributed by atoms with van der Waals surface area (Å²) in [5.41, 5.74) is 2.61. The number of nitrogens with one attached hydrogen (secondary N) is 1. The molecule has 1 heterocycles. The first kappa shape index (κ1) is 15.6. The quantitative estimate of drug-likeness (QED) is 0.938. The Morgan fingerprint density at radius 2 is 2.04 bits per heavy atom. The summed E-state index contributed by atoms with van der Waals surface area (Å²) < 4.78 is 5.37. The third-order valence-electron chi connectivity index (χ3n) is 3.77. The Bertz CT molecular complexity index is 838. The fraction of sp³-hybridized carbons (Fsp3) is 0.167. The monoisotopic (exact) mass is 321 g/mol. The highest BCUT2D eigenvalue weighted by atomic mass is 16.5. The molecule has 0 aromatic heterocycles. The summed E-state index contributed by atoms with van der Waals surface area (Å²) in [5.74, 6) is 0.334. The highest BCUT2D eigenvalue weighted by Gasteiger charge is 2.22. The van der Waals surface area contributed by atoms with Crippen LogP contribution in [0.5, 0.6) is 5.75 Å². The summed E-state index contributed by atoms with van der Waals surface area (Å²) in [7, 11) is 1.68. The van der Waals surface area contributed by atoms with Gasteiger partial charge in [0, 0.05) is 12.7 Å². The number of anilines is 2. The Morgan fingerprint density at radius 3 is 2.75 bits per heavy atom. The zero-order chi connectivity index (χ0) is 17.1. The van der Waals surface area contributed by atoms with Crippen molar-refractivity contribution in [1.82, 2.24) is 0 Å². The molecule has 0 saturated heterocycles. The minimum absolute atomic E-state index is 0.0298. The average molecular weight is 321 g/mol. The molecule has 0 fully saturated rings. The summed E-state index contributed by atoms with van der Waals surface area (Å²) in [6.45, 7) is 0.0298. The molecular formula is C18H15N3O3. The third kappa shape index (κ3) is 3.20. The first-order valence-electron chi connectivity index (χ1n) is 7.39. The molecule has 2 aromatic rings. The zero-order valence-electron chi connectivity index (χ0n) is 13.1. The highest BCUT2D eigenvalue weighted by molar-refractivity contribution is 5.98. The minimum atomic E-state index is -0.176. The lowest BCUT2D eigenvalue weighted by Gasteiger charge is -2.26. The SMILES string of the molecule is CN1C(=O)COc2ccc(CC(=O)Nc3ccc(C#N)cc3)cc21. The standard InChI is InChI=1S/C18H15N3O3/c1-21-15-8-13(4-7-16(15)24-11-18(21)23)9-17(22)20-14-5-2-12(10-19)3-6-14/h2-8H,9,11H2,1H3,(H,20,22). The number of nitrogens with zero attached hydrogens (tertiary/aromatic N) is 2. The molecule has 0 aliphatic carbocycles. The number of carbonyl (C=O) groups excluding carboxylic acids is 2. The first-order valence-corrected chi connectivity index (χ1v) is 7.39. The van der Waals surface area contributed by atoms with Crippen LogP contribution in [0.1, 0.15) is 11.1 Å². The Hall–Kier alpha value is -3.33. The summed E-state index contributed by atoms with van der Waals surface area (Å²) in [6.07, 6.45) is 0.176. The molecule has 0 bridgehead atoms. The van der Waals surface area contributed by atoms with E-state index in [1.165, 1.54) is 4.90 Å². The molecule has 3 rings (SSSR count). The molecule has 2 aromatic carbocycles. The predicted octanol–water partition coefficient (Wildman–Crippen LogP) is 2.09. The van der Waals surface area contributed by atoms with Gasteiger partial charge in [-0.3, -0.25) is 9.59 Å². The Kier molecular flexibility index (Phi) is 4.17. The van der Waals surface area contributed by atoms with E-state index in [1.54, 1.807) is 49.5 Å². The van der Waals surface area contributed by atoms with E-state index in [-0.39, 0.29) is 24.8 Å². The zero-order valence-corrected chi connectivity index (χ0v) is 13.1. The molecule has 24 heavy (non-hydrogen) atoms. The van der Waals surface area contributed by atoms with Gasteiger partial charge in [0.05, 0.1) is 23.7 Å². The van der Waals surface area contributed by atoms with Gasteiger partial charge in [-0.2, -0.15) is 5.26 Å². The van der Waals surface area contributed by atoms with Crippen molar-refractivity contribution >= 4 is 23.2 Å². The van der Waals surface area contributed by atoms with E-state index in [0.717, 1.165) is 5.56 Å². The number of carbonyl (C=O) groups is 2. The van der Waals surface area contributed by atoms with Gasteiger partial charge in [0.1, 0.15) is 5.75 Å². The summed E-state index contributed by atoms with van der Waals surface area (Å²) in [4.78, 5) is 25.4. The molecule has 2 amide bonds. The second kappa shape index (κ2) is 6.42. The molecule has 0 spiro atoms. The summed E-state index contributed by atoms with van der Waals surface area (Å²) in [5, 5.41) is 11.5. The number of hydrogen-bond acceptors (Lipinski definition) is 4. The maximum Gasteiger partial charge on any atom is 0.264 e. The van der Waals surface area contributed by atoms with Gasteiger partial charge < -0.3 is 15.0 Å². The first-order chi connectivity index (χ1) is 11.6. The van der Waals surface area contributed by atoms with Crippen LogP contribution in [0.4, 0.5) is 11.4 Å². The van der Waals surface area contributed by atoms with Crippen molar-refractivity contribution < 1.29 is 14.3 Å². The molecule has 120 valence electrons. The molecule has 6 nitrogen and oxygen atoms in total. The van der Waals surface area contributed by atoms with Gasteiger partial charge in [0.15, 0.2) is 6.61 Å². The summed E-state index contributed by atoms with van der Waals surface area (Å²) >= 11 is 0. The van der Waals surface area contributed by atoms with Crippen molar-refractivity contribution in [3.05, 3.63) is 53.6 Å². The van der Waals surface area contributed by atoms with Crippen molar-refractivity contribution in [3.63, 3.8) is 0 Å². The number of nitriles is 1. The van der Waals surface area contributed by atoms with Crippen molar-refractivity contribution in [3.8, 4) is 11.8 Å². The van der Waals surface area contributed by atoms with E-state index in [1.807, 2.05) is 6.07 Å². The van der Waals surface area contributed by atoms with Crippen LogP contribution < -0.4 is 15.0 Å². The van der Waals surface area contributed by atoms with Crippen LogP contribution in [0, 0.1) is 11.3 Å². The van der Waals surface area contributed by atoms with Gasteiger partial charge in [0.2, 0.25) is 5.91 Å². The lowest BCUT2D eigenvalue weighted by atomic mass is 10.1. The molecule has 0 saturated carbocycles. The number of fused-ring (bicyclic) bond motifs is 1. The number of likely N-dealkylation sites (N-methyl/N-ethyl adjacent to an activating group) is 1. The molecule has 0 radical (unpaired) electrons. The maximum absolute atomic E-state index is 12.2. The van der Waals surface area contributed by atoms with Gasteiger partial charge in [-0.1, -0.05) is 6.07 Å².